The molecule has 0 aliphatic heterocycles. The predicted octanol–water partition coefficient (Wildman–Crippen LogP) is 2.46. The lowest BCUT2D eigenvalue weighted by molar-refractivity contribution is -0.0278. The highest BCUT2D eigenvalue weighted by atomic mass is 19.3. The summed E-state index contributed by atoms with van der Waals surface area (Å²) in [6.45, 7) is 4.23. The van der Waals surface area contributed by atoms with Crippen molar-refractivity contribution in [3.63, 3.8) is 0 Å². The van der Waals surface area contributed by atoms with Crippen molar-refractivity contribution in [2.45, 2.75) is 18.8 Å². The summed E-state index contributed by atoms with van der Waals surface area (Å²) in [5, 5.41) is 0. The minimum Gasteiger partial charge on any atom is -0.199 e. The van der Waals surface area contributed by atoms with Crippen LogP contribution >= 0.6 is 0 Å². The van der Waals surface area contributed by atoms with Crippen molar-refractivity contribution in [3.8, 4) is 0 Å². The second-order valence-corrected chi connectivity index (χ2v) is 2.53. The monoisotopic (exact) mass is 154 g/mol. The van der Waals surface area contributed by atoms with Crippen molar-refractivity contribution in [1.82, 2.24) is 0 Å². The first-order valence-corrected chi connectivity index (χ1v) is 2.73. The zero-order valence-corrected chi connectivity index (χ0v) is 5.30. The second kappa shape index (κ2) is 1.54. The molecule has 1 saturated carbocycles. The van der Waals surface area contributed by atoms with Crippen molar-refractivity contribution in [3.05, 3.63) is 12.2 Å². The first-order valence-electron chi connectivity index (χ1n) is 2.73. The van der Waals surface area contributed by atoms with Crippen LogP contribution in [0, 0.1) is 5.92 Å². The van der Waals surface area contributed by atoms with Gasteiger partial charge in [0.2, 0.25) is 0 Å². The standard InChI is InChI=1S/C6H6F4/c1-3(2)4-5(7,8)6(4,9)10/h4H,1H2,2H3. The molecule has 0 nitrogen and oxygen atoms in total. The molecule has 1 aliphatic rings. The van der Waals surface area contributed by atoms with E-state index in [1.165, 1.54) is 6.92 Å². The molecule has 0 bridgehead atoms. The summed E-state index contributed by atoms with van der Waals surface area (Å²) in [5.41, 5.74) is -0.157. The fraction of sp³-hybridized carbons (Fsp3) is 0.667. The van der Waals surface area contributed by atoms with Crippen LogP contribution < -0.4 is 0 Å². The lowest BCUT2D eigenvalue weighted by Gasteiger charge is -1.88. The van der Waals surface area contributed by atoms with Gasteiger partial charge in [0.15, 0.2) is 0 Å². The van der Waals surface area contributed by atoms with E-state index < -0.39 is 17.8 Å². The fourth-order valence-electron chi connectivity index (χ4n) is 0.961. The van der Waals surface area contributed by atoms with Crippen molar-refractivity contribution < 1.29 is 17.6 Å². The van der Waals surface area contributed by atoms with E-state index in [2.05, 4.69) is 6.58 Å². The van der Waals surface area contributed by atoms with Gasteiger partial charge in [-0.1, -0.05) is 12.2 Å². The molecule has 0 aromatic carbocycles. The van der Waals surface area contributed by atoms with E-state index in [0.717, 1.165) is 0 Å². The Morgan fingerprint density at radius 2 is 1.50 bits per heavy atom. The SMILES string of the molecule is C=C(C)C1C(F)(F)C1(F)F. The van der Waals surface area contributed by atoms with Crippen LogP contribution in [0.3, 0.4) is 0 Å². The number of hydrogen-bond donors (Lipinski definition) is 0. The van der Waals surface area contributed by atoms with Crippen LogP contribution in [0.15, 0.2) is 12.2 Å². The average Bonchev–Trinajstić information content (AvgIpc) is 1.97. The summed E-state index contributed by atoms with van der Waals surface area (Å²) >= 11 is 0. The number of halogens is 4. The highest BCUT2D eigenvalue weighted by Gasteiger charge is 2.85. The average molecular weight is 154 g/mol. The quantitative estimate of drug-likeness (QED) is 0.402. The molecule has 0 N–H and O–H groups in total. The van der Waals surface area contributed by atoms with E-state index in [-0.39, 0.29) is 5.57 Å². The second-order valence-electron chi connectivity index (χ2n) is 2.53. The molecule has 10 heavy (non-hydrogen) atoms. The molecular formula is C6H6F4. The molecule has 0 aromatic heterocycles. The molecule has 0 unspecified atom stereocenters. The van der Waals surface area contributed by atoms with E-state index >= 15 is 0 Å². The third-order valence-electron chi connectivity index (χ3n) is 1.58. The number of hydrogen-bond acceptors (Lipinski definition) is 0. The van der Waals surface area contributed by atoms with Crippen LogP contribution in [0.25, 0.3) is 0 Å². The third kappa shape index (κ3) is 0.617. The summed E-state index contributed by atoms with van der Waals surface area (Å²) < 4.78 is 48.1. The van der Waals surface area contributed by atoms with Crippen molar-refractivity contribution in [1.29, 1.82) is 0 Å². The van der Waals surface area contributed by atoms with Gasteiger partial charge in [0, 0.05) is 0 Å². The molecule has 58 valence electrons. The molecular weight excluding hydrogens is 148 g/mol. The molecule has 1 rings (SSSR count). The molecule has 4 heteroatoms. The van der Waals surface area contributed by atoms with Crippen LogP contribution in [-0.4, -0.2) is 11.8 Å². The summed E-state index contributed by atoms with van der Waals surface area (Å²) in [5.74, 6) is -9.63. The summed E-state index contributed by atoms with van der Waals surface area (Å²) in [6, 6.07) is 0. The zero-order chi connectivity index (χ0) is 8.15. The molecule has 1 aliphatic carbocycles. The molecule has 1 fully saturated rings. The Labute approximate surface area is 55.5 Å². The van der Waals surface area contributed by atoms with E-state index in [4.69, 9.17) is 0 Å². The van der Waals surface area contributed by atoms with Gasteiger partial charge in [-0.15, -0.1) is 0 Å². The van der Waals surface area contributed by atoms with E-state index in [1.54, 1.807) is 0 Å². The normalized spacial score (nSPS) is 28.1. The Hall–Kier alpha value is -0.540. The smallest absolute Gasteiger partial charge is 0.199 e. The van der Waals surface area contributed by atoms with Gasteiger partial charge in [-0.05, 0) is 6.92 Å². The van der Waals surface area contributed by atoms with Crippen molar-refractivity contribution in [2.24, 2.45) is 5.92 Å². The molecule has 0 heterocycles. The predicted molar refractivity (Wildman–Crippen MR) is 28.2 cm³/mol. The molecule has 0 radical (unpaired) electrons. The highest BCUT2D eigenvalue weighted by Crippen LogP contribution is 2.65. The molecule has 0 atom stereocenters. The van der Waals surface area contributed by atoms with Gasteiger partial charge in [0.05, 0.1) is 0 Å². The number of alkyl halides is 4. The summed E-state index contributed by atoms with van der Waals surface area (Å²) in [4.78, 5) is 0. The Balaban J connectivity index is 2.81. The number of rotatable bonds is 1. The van der Waals surface area contributed by atoms with Crippen molar-refractivity contribution >= 4 is 0 Å². The Kier molecular flexibility index (Phi) is 1.17. The van der Waals surface area contributed by atoms with Crippen LogP contribution in [0.5, 0.6) is 0 Å². The Morgan fingerprint density at radius 3 is 1.50 bits per heavy atom. The van der Waals surface area contributed by atoms with Gasteiger partial charge in [-0.3, -0.25) is 0 Å². The fourth-order valence-corrected chi connectivity index (χ4v) is 0.961. The van der Waals surface area contributed by atoms with Crippen LogP contribution in [0.2, 0.25) is 0 Å². The largest absolute Gasteiger partial charge is 0.323 e. The van der Waals surface area contributed by atoms with Gasteiger partial charge in [-0.2, -0.15) is 17.6 Å². The lowest BCUT2D eigenvalue weighted by atomic mass is 10.2. The van der Waals surface area contributed by atoms with Crippen LogP contribution in [0.1, 0.15) is 6.92 Å². The van der Waals surface area contributed by atoms with Gasteiger partial charge in [0.1, 0.15) is 5.92 Å². The first-order chi connectivity index (χ1) is 4.32. The molecule has 0 amide bonds. The van der Waals surface area contributed by atoms with Gasteiger partial charge in [-0.25, -0.2) is 0 Å². The van der Waals surface area contributed by atoms with Gasteiger partial charge >= 0.3 is 11.8 Å². The summed E-state index contributed by atoms with van der Waals surface area (Å²) in [7, 11) is 0. The van der Waals surface area contributed by atoms with Crippen molar-refractivity contribution in [2.75, 3.05) is 0 Å². The van der Waals surface area contributed by atoms with Crippen LogP contribution in [0.4, 0.5) is 17.6 Å². The van der Waals surface area contributed by atoms with E-state index in [9.17, 15) is 17.6 Å². The zero-order valence-electron chi connectivity index (χ0n) is 5.30. The topological polar surface area (TPSA) is 0 Å². The minimum atomic E-state index is -3.85. The lowest BCUT2D eigenvalue weighted by Crippen LogP contribution is -2.02. The third-order valence-corrected chi connectivity index (χ3v) is 1.58. The maximum Gasteiger partial charge on any atom is 0.323 e. The molecule has 0 aromatic rings. The van der Waals surface area contributed by atoms with Gasteiger partial charge < -0.3 is 0 Å². The minimum absolute atomic E-state index is 0.157. The Morgan fingerprint density at radius 1 is 1.20 bits per heavy atom. The maximum atomic E-state index is 12.0. The maximum absolute atomic E-state index is 12.0. The van der Waals surface area contributed by atoms with E-state index in [1.807, 2.05) is 0 Å². The Bertz CT molecular complexity index is 168. The number of allylic oxidation sites excluding steroid dienone is 1. The molecule has 0 spiro atoms. The first kappa shape index (κ1) is 7.57. The highest BCUT2D eigenvalue weighted by molar-refractivity contribution is 5.26. The van der Waals surface area contributed by atoms with Gasteiger partial charge in [0.25, 0.3) is 0 Å². The molecule has 0 saturated heterocycles. The summed E-state index contributed by atoms with van der Waals surface area (Å²) in [6.07, 6.45) is 0. The van der Waals surface area contributed by atoms with Crippen LogP contribution in [-0.2, 0) is 0 Å². The van der Waals surface area contributed by atoms with E-state index in [0.29, 0.717) is 0 Å².